The van der Waals surface area contributed by atoms with E-state index in [4.69, 9.17) is 9.47 Å². The average molecular weight is 201 g/mol. The first-order chi connectivity index (χ1) is 6.62. The van der Waals surface area contributed by atoms with Gasteiger partial charge in [-0.2, -0.15) is 0 Å². The third kappa shape index (κ3) is 4.40. The van der Waals surface area contributed by atoms with Gasteiger partial charge in [-0.1, -0.05) is 0 Å². The molecule has 1 aliphatic rings. The van der Waals surface area contributed by atoms with Crippen molar-refractivity contribution >= 4 is 0 Å². The van der Waals surface area contributed by atoms with Crippen molar-refractivity contribution in [2.75, 3.05) is 26.3 Å². The summed E-state index contributed by atoms with van der Waals surface area (Å²) in [6.45, 7) is 9.85. The van der Waals surface area contributed by atoms with E-state index in [9.17, 15) is 0 Å². The fraction of sp³-hybridized carbons (Fsp3) is 1.00. The Morgan fingerprint density at radius 1 is 1.50 bits per heavy atom. The third-order valence-electron chi connectivity index (χ3n) is 2.53. The minimum Gasteiger partial charge on any atom is -0.377 e. The Kier molecular flexibility index (Phi) is 4.85. The lowest BCUT2D eigenvalue weighted by Crippen LogP contribution is -2.38. The molecule has 1 saturated heterocycles. The van der Waals surface area contributed by atoms with Gasteiger partial charge in [-0.25, -0.2) is 0 Å². The normalized spacial score (nSPS) is 27.4. The molecule has 0 aromatic rings. The van der Waals surface area contributed by atoms with E-state index in [1.807, 2.05) is 0 Å². The van der Waals surface area contributed by atoms with Crippen molar-refractivity contribution in [3.05, 3.63) is 0 Å². The largest absolute Gasteiger partial charge is 0.377 e. The van der Waals surface area contributed by atoms with Crippen LogP contribution in [0.4, 0.5) is 0 Å². The summed E-state index contributed by atoms with van der Waals surface area (Å²) in [7, 11) is 0. The summed E-state index contributed by atoms with van der Waals surface area (Å²) in [5.74, 6) is 0. The van der Waals surface area contributed by atoms with Crippen LogP contribution in [0.15, 0.2) is 0 Å². The highest BCUT2D eigenvalue weighted by Crippen LogP contribution is 2.23. The first-order valence-electron chi connectivity index (χ1n) is 5.59. The van der Waals surface area contributed by atoms with Gasteiger partial charge in [0, 0.05) is 19.7 Å². The third-order valence-corrected chi connectivity index (χ3v) is 2.53. The molecule has 3 heteroatoms. The molecule has 1 atom stereocenters. The molecule has 1 aliphatic heterocycles. The zero-order valence-electron chi connectivity index (χ0n) is 9.64. The Hall–Kier alpha value is -0.120. The Balaban J connectivity index is 1.98. The van der Waals surface area contributed by atoms with Crippen LogP contribution in [-0.4, -0.2) is 38.0 Å². The Bertz CT molecular complexity index is 153. The van der Waals surface area contributed by atoms with Crippen molar-refractivity contribution in [1.29, 1.82) is 0 Å². The second-order valence-corrected chi connectivity index (χ2v) is 4.50. The molecule has 0 aliphatic carbocycles. The van der Waals surface area contributed by atoms with E-state index in [0.29, 0.717) is 6.10 Å². The molecule has 1 heterocycles. The van der Waals surface area contributed by atoms with E-state index in [0.717, 1.165) is 26.3 Å². The van der Waals surface area contributed by atoms with Crippen LogP contribution in [0.5, 0.6) is 0 Å². The molecule has 0 bridgehead atoms. The van der Waals surface area contributed by atoms with Crippen LogP contribution in [0.2, 0.25) is 0 Å². The quantitative estimate of drug-likeness (QED) is 0.662. The van der Waals surface area contributed by atoms with Crippen LogP contribution >= 0.6 is 0 Å². The van der Waals surface area contributed by atoms with E-state index in [1.165, 1.54) is 12.8 Å². The highest BCUT2D eigenvalue weighted by molar-refractivity contribution is 4.82. The number of hydrogen-bond acceptors (Lipinski definition) is 3. The summed E-state index contributed by atoms with van der Waals surface area (Å²) in [5.41, 5.74) is 0.0673. The molecule has 14 heavy (non-hydrogen) atoms. The van der Waals surface area contributed by atoms with Crippen LogP contribution in [0.1, 0.15) is 33.6 Å². The number of rotatable bonds is 6. The molecular weight excluding hydrogens is 178 g/mol. The molecule has 1 fully saturated rings. The highest BCUT2D eigenvalue weighted by Gasteiger charge is 2.28. The van der Waals surface area contributed by atoms with Crippen molar-refractivity contribution in [1.82, 2.24) is 5.32 Å². The summed E-state index contributed by atoms with van der Waals surface area (Å²) in [6.07, 6.45) is 2.70. The number of nitrogens with one attached hydrogen (secondary N) is 1. The van der Waals surface area contributed by atoms with Crippen molar-refractivity contribution in [2.24, 2.45) is 0 Å². The topological polar surface area (TPSA) is 30.5 Å². The van der Waals surface area contributed by atoms with Gasteiger partial charge in [0.2, 0.25) is 0 Å². The smallest absolute Gasteiger partial charge is 0.0779 e. The molecule has 0 saturated carbocycles. The fourth-order valence-corrected chi connectivity index (χ4v) is 1.70. The van der Waals surface area contributed by atoms with Crippen LogP contribution < -0.4 is 5.32 Å². The minimum atomic E-state index is 0.0673. The maximum Gasteiger partial charge on any atom is 0.0779 e. The van der Waals surface area contributed by atoms with Gasteiger partial charge in [-0.15, -0.1) is 0 Å². The van der Waals surface area contributed by atoms with Gasteiger partial charge >= 0.3 is 0 Å². The van der Waals surface area contributed by atoms with Crippen LogP contribution in [-0.2, 0) is 9.47 Å². The average Bonchev–Trinajstić information content (AvgIpc) is 2.51. The van der Waals surface area contributed by atoms with Gasteiger partial charge in [0.05, 0.1) is 18.3 Å². The lowest BCUT2D eigenvalue weighted by molar-refractivity contribution is 0.0176. The lowest BCUT2D eigenvalue weighted by atomic mass is 10.0. The summed E-state index contributed by atoms with van der Waals surface area (Å²) < 4.78 is 11.1. The summed E-state index contributed by atoms with van der Waals surface area (Å²) >= 11 is 0. The van der Waals surface area contributed by atoms with E-state index in [1.54, 1.807) is 0 Å². The molecule has 0 aromatic heterocycles. The van der Waals surface area contributed by atoms with Gasteiger partial charge in [0.1, 0.15) is 0 Å². The van der Waals surface area contributed by atoms with E-state index in [-0.39, 0.29) is 5.60 Å². The van der Waals surface area contributed by atoms with E-state index in [2.05, 4.69) is 26.1 Å². The van der Waals surface area contributed by atoms with Crippen LogP contribution in [0, 0.1) is 0 Å². The van der Waals surface area contributed by atoms with E-state index < -0.39 is 0 Å². The van der Waals surface area contributed by atoms with Gasteiger partial charge in [0.25, 0.3) is 0 Å². The van der Waals surface area contributed by atoms with Crippen molar-refractivity contribution in [3.8, 4) is 0 Å². The Labute approximate surface area is 87.2 Å². The van der Waals surface area contributed by atoms with Gasteiger partial charge in [-0.3, -0.25) is 0 Å². The second-order valence-electron chi connectivity index (χ2n) is 4.50. The van der Waals surface area contributed by atoms with Crippen LogP contribution in [0.3, 0.4) is 0 Å². The zero-order valence-corrected chi connectivity index (χ0v) is 9.64. The minimum absolute atomic E-state index is 0.0673. The summed E-state index contributed by atoms with van der Waals surface area (Å²) in [5, 5.41) is 3.37. The summed E-state index contributed by atoms with van der Waals surface area (Å²) in [4.78, 5) is 0. The maximum absolute atomic E-state index is 5.66. The van der Waals surface area contributed by atoms with Gasteiger partial charge in [0.15, 0.2) is 0 Å². The maximum atomic E-state index is 5.66. The number of ether oxygens (including phenoxy) is 2. The Morgan fingerprint density at radius 2 is 2.29 bits per heavy atom. The molecule has 1 unspecified atom stereocenters. The van der Waals surface area contributed by atoms with Crippen LogP contribution in [0.25, 0.3) is 0 Å². The van der Waals surface area contributed by atoms with Crippen molar-refractivity contribution < 1.29 is 9.47 Å². The molecule has 0 spiro atoms. The standard InChI is InChI=1S/C11H23NO2/c1-10(2)13-8-6-12-9-11(3)5-4-7-14-11/h10,12H,4-9H2,1-3H3. The molecule has 0 amide bonds. The van der Waals surface area contributed by atoms with E-state index >= 15 is 0 Å². The first kappa shape index (κ1) is 12.0. The number of hydrogen-bond donors (Lipinski definition) is 1. The lowest BCUT2D eigenvalue weighted by Gasteiger charge is -2.23. The van der Waals surface area contributed by atoms with Crippen molar-refractivity contribution in [3.63, 3.8) is 0 Å². The molecule has 0 aromatic carbocycles. The second kappa shape index (κ2) is 5.69. The predicted octanol–water partition coefficient (Wildman–Crippen LogP) is 1.57. The molecule has 1 rings (SSSR count). The molecular formula is C11H23NO2. The Morgan fingerprint density at radius 3 is 2.86 bits per heavy atom. The van der Waals surface area contributed by atoms with Gasteiger partial charge < -0.3 is 14.8 Å². The predicted molar refractivity (Wildman–Crippen MR) is 57.5 cm³/mol. The highest BCUT2D eigenvalue weighted by atomic mass is 16.5. The zero-order chi connectivity index (χ0) is 10.4. The first-order valence-corrected chi connectivity index (χ1v) is 5.59. The van der Waals surface area contributed by atoms with Gasteiger partial charge in [-0.05, 0) is 33.6 Å². The SMILES string of the molecule is CC(C)OCCNCC1(C)CCCO1. The molecule has 84 valence electrons. The monoisotopic (exact) mass is 201 g/mol. The summed E-state index contributed by atoms with van der Waals surface area (Å²) in [6, 6.07) is 0. The molecule has 1 N–H and O–H groups in total. The molecule has 0 radical (unpaired) electrons. The molecule has 3 nitrogen and oxygen atoms in total. The van der Waals surface area contributed by atoms with Crippen molar-refractivity contribution in [2.45, 2.75) is 45.3 Å². The fourth-order valence-electron chi connectivity index (χ4n) is 1.70.